The fraction of sp³-hybridized carbons (Fsp3) is 0.571. The van der Waals surface area contributed by atoms with Crippen molar-refractivity contribution in [3.8, 4) is 0 Å². The van der Waals surface area contributed by atoms with Crippen molar-refractivity contribution in [3.63, 3.8) is 0 Å². The van der Waals surface area contributed by atoms with Gasteiger partial charge < -0.3 is 24.4 Å². The maximum Gasteiger partial charge on any atom is 0.184 e. The number of benzene rings is 1. The van der Waals surface area contributed by atoms with Gasteiger partial charge in [0.15, 0.2) is 6.29 Å². The van der Waals surface area contributed by atoms with Gasteiger partial charge in [-0.25, -0.2) is 0 Å². The molecule has 0 aromatic heterocycles. The van der Waals surface area contributed by atoms with E-state index in [4.69, 9.17) is 14.2 Å². The summed E-state index contributed by atoms with van der Waals surface area (Å²) < 4.78 is 16.8. The van der Waals surface area contributed by atoms with E-state index in [0.29, 0.717) is 0 Å². The molecule has 104 valence electrons. The van der Waals surface area contributed by atoms with Crippen LogP contribution in [0, 0.1) is 0 Å². The molecule has 19 heavy (non-hydrogen) atoms. The van der Waals surface area contributed by atoms with Crippen molar-refractivity contribution in [2.45, 2.75) is 37.1 Å². The van der Waals surface area contributed by atoms with Crippen molar-refractivity contribution in [2.24, 2.45) is 0 Å². The van der Waals surface area contributed by atoms with Crippen LogP contribution in [-0.4, -0.2) is 47.3 Å². The molecule has 0 amide bonds. The minimum atomic E-state index is -0.738. The monoisotopic (exact) mass is 266 g/mol. The molecule has 0 spiro atoms. The number of hydrogen-bond acceptors (Lipinski definition) is 5. The molecule has 0 unspecified atom stereocenters. The van der Waals surface area contributed by atoms with Gasteiger partial charge in [0.2, 0.25) is 0 Å². The van der Waals surface area contributed by atoms with E-state index in [9.17, 15) is 10.2 Å². The SMILES string of the molecule is C[C@]1(CO)O[C@@H]1[C@@H]1O[C@H](c2ccccc2)OC[C@H]1O. The Labute approximate surface area is 111 Å². The molecule has 0 aliphatic carbocycles. The Bertz CT molecular complexity index is 437. The average Bonchev–Trinajstić information content (AvgIpc) is 3.13. The van der Waals surface area contributed by atoms with Crippen molar-refractivity contribution in [2.75, 3.05) is 13.2 Å². The highest BCUT2D eigenvalue weighted by Gasteiger charge is 2.59. The number of hydrogen-bond donors (Lipinski definition) is 2. The second kappa shape index (κ2) is 4.85. The molecular weight excluding hydrogens is 248 g/mol. The summed E-state index contributed by atoms with van der Waals surface area (Å²) in [6.45, 7) is 1.92. The summed E-state index contributed by atoms with van der Waals surface area (Å²) >= 11 is 0. The molecule has 1 aromatic rings. The highest BCUT2D eigenvalue weighted by molar-refractivity contribution is 5.17. The smallest absolute Gasteiger partial charge is 0.184 e. The third kappa shape index (κ3) is 2.40. The molecule has 0 radical (unpaired) electrons. The first-order valence-electron chi connectivity index (χ1n) is 6.43. The fourth-order valence-electron chi connectivity index (χ4n) is 2.41. The molecule has 2 heterocycles. The lowest BCUT2D eigenvalue weighted by molar-refractivity contribution is -0.260. The third-order valence-electron chi connectivity index (χ3n) is 3.70. The first-order valence-corrected chi connectivity index (χ1v) is 6.43. The fourth-order valence-corrected chi connectivity index (χ4v) is 2.41. The zero-order chi connectivity index (χ0) is 13.5. The first kappa shape index (κ1) is 13.0. The zero-order valence-electron chi connectivity index (χ0n) is 10.7. The molecule has 2 fully saturated rings. The molecule has 0 saturated carbocycles. The Hall–Kier alpha value is -0.980. The highest BCUT2D eigenvalue weighted by atomic mass is 16.7. The minimum absolute atomic E-state index is 0.0822. The predicted octanol–water partition coefficient (Wildman–Crippen LogP) is 0.611. The highest BCUT2D eigenvalue weighted by Crippen LogP contribution is 2.43. The summed E-state index contributed by atoms with van der Waals surface area (Å²) in [5.41, 5.74) is 0.301. The largest absolute Gasteiger partial charge is 0.393 e. The molecule has 2 saturated heterocycles. The number of rotatable bonds is 3. The zero-order valence-corrected chi connectivity index (χ0v) is 10.7. The molecule has 3 rings (SSSR count). The maximum atomic E-state index is 9.96. The van der Waals surface area contributed by atoms with Gasteiger partial charge in [-0.2, -0.15) is 0 Å². The molecule has 5 nitrogen and oxygen atoms in total. The van der Waals surface area contributed by atoms with Gasteiger partial charge >= 0.3 is 0 Å². The second-order valence-electron chi connectivity index (χ2n) is 5.25. The van der Waals surface area contributed by atoms with E-state index in [2.05, 4.69) is 0 Å². The Kier molecular flexibility index (Phi) is 3.32. The van der Waals surface area contributed by atoms with Crippen LogP contribution < -0.4 is 0 Å². The van der Waals surface area contributed by atoms with Gasteiger partial charge in [0, 0.05) is 5.56 Å². The first-order chi connectivity index (χ1) is 9.14. The minimum Gasteiger partial charge on any atom is -0.393 e. The van der Waals surface area contributed by atoms with Crippen molar-refractivity contribution in [1.29, 1.82) is 0 Å². The second-order valence-corrected chi connectivity index (χ2v) is 5.25. The predicted molar refractivity (Wildman–Crippen MR) is 66.4 cm³/mol. The van der Waals surface area contributed by atoms with Crippen LogP contribution in [0.2, 0.25) is 0 Å². The summed E-state index contributed by atoms with van der Waals surface area (Å²) in [5, 5.41) is 19.2. The Balaban J connectivity index is 1.72. The molecule has 2 aliphatic heterocycles. The average molecular weight is 266 g/mol. The van der Waals surface area contributed by atoms with Gasteiger partial charge in [0.1, 0.15) is 23.9 Å². The Morgan fingerprint density at radius 3 is 2.68 bits per heavy atom. The van der Waals surface area contributed by atoms with Gasteiger partial charge in [0.05, 0.1) is 13.2 Å². The number of aliphatic hydroxyl groups excluding tert-OH is 2. The van der Waals surface area contributed by atoms with E-state index in [1.165, 1.54) is 0 Å². The normalized spacial score (nSPS) is 42.1. The van der Waals surface area contributed by atoms with Crippen LogP contribution in [0.25, 0.3) is 0 Å². The van der Waals surface area contributed by atoms with Crippen LogP contribution in [0.15, 0.2) is 30.3 Å². The van der Waals surface area contributed by atoms with E-state index < -0.39 is 24.1 Å². The van der Waals surface area contributed by atoms with Gasteiger partial charge in [0.25, 0.3) is 0 Å². The maximum absolute atomic E-state index is 9.96. The van der Waals surface area contributed by atoms with Gasteiger partial charge in [-0.3, -0.25) is 0 Å². The summed E-state index contributed by atoms with van der Waals surface area (Å²) in [4.78, 5) is 0. The molecule has 2 N–H and O–H groups in total. The lowest BCUT2D eigenvalue weighted by Gasteiger charge is -2.33. The van der Waals surface area contributed by atoms with Crippen molar-refractivity contribution in [1.82, 2.24) is 0 Å². The van der Waals surface area contributed by atoms with E-state index in [1.807, 2.05) is 30.3 Å². The standard InChI is InChI=1S/C14H18O5/c1-14(8-15)12(19-14)11-10(16)7-17-13(18-11)9-5-3-2-4-6-9/h2-6,10-13,15-16H,7-8H2,1H3/t10-,11-,12-,13-,14-/m1/s1. The summed E-state index contributed by atoms with van der Waals surface area (Å²) in [6.07, 6.45) is -2.00. The van der Waals surface area contributed by atoms with Crippen molar-refractivity contribution in [3.05, 3.63) is 35.9 Å². The van der Waals surface area contributed by atoms with E-state index >= 15 is 0 Å². The Morgan fingerprint density at radius 2 is 2.05 bits per heavy atom. The number of epoxide rings is 1. The quantitative estimate of drug-likeness (QED) is 0.784. The van der Waals surface area contributed by atoms with Crippen molar-refractivity contribution >= 4 is 0 Å². The summed E-state index contributed by atoms with van der Waals surface area (Å²) in [5.74, 6) is 0. The van der Waals surface area contributed by atoms with Crippen LogP contribution in [-0.2, 0) is 14.2 Å². The summed E-state index contributed by atoms with van der Waals surface area (Å²) in [7, 11) is 0. The van der Waals surface area contributed by atoms with Crippen LogP contribution in [0.5, 0.6) is 0 Å². The van der Waals surface area contributed by atoms with Gasteiger partial charge in [-0.05, 0) is 6.92 Å². The van der Waals surface area contributed by atoms with E-state index in [0.717, 1.165) is 5.56 Å². The molecule has 5 atom stereocenters. The summed E-state index contributed by atoms with van der Waals surface area (Å²) in [6, 6.07) is 9.57. The number of ether oxygens (including phenoxy) is 3. The molecule has 1 aromatic carbocycles. The number of aliphatic hydroxyl groups is 2. The third-order valence-corrected chi connectivity index (χ3v) is 3.70. The van der Waals surface area contributed by atoms with Gasteiger partial charge in [-0.1, -0.05) is 30.3 Å². The van der Waals surface area contributed by atoms with E-state index in [1.54, 1.807) is 6.92 Å². The van der Waals surface area contributed by atoms with Gasteiger partial charge in [-0.15, -0.1) is 0 Å². The topological polar surface area (TPSA) is 71.5 Å². The molecule has 0 bridgehead atoms. The molecule has 2 aliphatic rings. The lowest BCUT2D eigenvalue weighted by atomic mass is 10.00. The Morgan fingerprint density at radius 1 is 1.32 bits per heavy atom. The van der Waals surface area contributed by atoms with Crippen LogP contribution in [0.1, 0.15) is 18.8 Å². The van der Waals surface area contributed by atoms with Crippen LogP contribution >= 0.6 is 0 Å². The van der Waals surface area contributed by atoms with E-state index in [-0.39, 0.29) is 19.3 Å². The van der Waals surface area contributed by atoms with Crippen molar-refractivity contribution < 1.29 is 24.4 Å². The van der Waals surface area contributed by atoms with Crippen LogP contribution in [0.4, 0.5) is 0 Å². The molecule has 5 heteroatoms. The van der Waals surface area contributed by atoms with Crippen LogP contribution in [0.3, 0.4) is 0 Å². The molecular formula is C14H18O5. The lowest BCUT2D eigenvalue weighted by Crippen LogP contribution is -2.45.